The lowest BCUT2D eigenvalue weighted by molar-refractivity contribution is -0.128. The highest BCUT2D eigenvalue weighted by atomic mass is 16.5. The first-order chi connectivity index (χ1) is 15.1. The Morgan fingerprint density at radius 3 is 2.23 bits per heavy atom. The molecule has 3 aromatic carbocycles. The van der Waals surface area contributed by atoms with E-state index in [1.165, 1.54) is 12.3 Å². The van der Waals surface area contributed by atoms with Gasteiger partial charge in [0.2, 0.25) is 0 Å². The van der Waals surface area contributed by atoms with Crippen molar-refractivity contribution in [3.8, 4) is 11.5 Å². The summed E-state index contributed by atoms with van der Waals surface area (Å²) >= 11 is 0. The Kier molecular flexibility index (Phi) is 7.71. The number of benzene rings is 3. The smallest absolute Gasteiger partial charge is 0.336 e. The molecule has 0 aliphatic heterocycles. The van der Waals surface area contributed by atoms with Gasteiger partial charge >= 0.3 is 5.97 Å². The van der Waals surface area contributed by atoms with Gasteiger partial charge in [0, 0.05) is 11.6 Å². The molecule has 1 amide bonds. The first kappa shape index (κ1) is 21.5. The maximum absolute atomic E-state index is 12.1. The van der Waals surface area contributed by atoms with Crippen LogP contribution in [0.2, 0.25) is 0 Å². The van der Waals surface area contributed by atoms with E-state index in [0.717, 1.165) is 11.1 Å². The Hall–Kier alpha value is -4.19. The Morgan fingerprint density at radius 2 is 1.55 bits per heavy atom. The molecule has 0 aliphatic rings. The highest BCUT2D eigenvalue weighted by Gasteiger charge is 2.04. The Labute approximate surface area is 180 Å². The van der Waals surface area contributed by atoms with Gasteiger partial charge in [-0.3, -0.25) is 4.79 Å². The van der Waals surface area contributed by atoms with Crippen LogP contribution in [0.3, 0.4) is 0 Å². The molecule has 0 saturated carbocycles. The first-order valence-corrected chi connectivity index (χ1v) is 9.75. The van der Waals surface area contributed by atoms with E-state index >= 15 is 0 Å². The average Bonchev–Trinajstić information content (AvgIpc) is 2.80. The number of hydrogen-bond acceptors (Lipinski definition) is 5. The van der Waals surface area contributed by atoms with Gasteiger partial charge in [0.15, 0.2) is 0 Å². The zero-order chi connectivity index (χ0) is 21.9. The van der Waals surface area contributed by atoms with Gasteiger partial charge in [-0.1, -0.05) is 30.3 Å². The minimum atomic E-state index is -0.465. The fraction of sp³-hybridized carbons (Fsp3) is 0.0800. The number of nitrogens with one attached hydrogen (secondary N) is 1. The minimum Gasteiger partial charge on any atom is -0.494 e. The molecule has 0 unspecified atom stereocenters. The molecule has 1 N–H and O–H groups in total. The molecule has 156 valence electrons. The third-order valence-corrected chi connectivity index (χ3v) is 4.12. The zero-order valence-electron chi connectivity index (χ0n) is 17.0. The van der Waals surface area contributed by atoms with Gasteiger partial charge in [-0.25, -0.2) is 10.2 Å². The van der Waals surface area contributed by atoms with E-state index in [0.29, 0.717) is 23.7 Å². The molecule has 3 rings (SSSR count). The fourth-order valence-corrected chi connectivity index (χ4v) is 2.60. The average molecular weight is 414 g/mol. The third-order valence-electron chi connectivity index (χ3n) is 4.12. The van der Waals surface area contributed by atoms with Gasteiger partial charge in [-0.2, -0.15) is 5.10 Å². The topological polar surface area (TPSA) is 77.0 Å². The number of rotatable bonds is 8. The van der Waals surface area contributed by atoms with Crippen molar-refractivity contribution in [1.29, 1.82) is 0 Å². The van der Waals surface area contributed by atoms with Crippen molar-refractivity contribution in [2.24, 2.45) is 5.10 Å². The van der Waals surface area contributed by atoms with Crippen molar-refractivity contribution in [2.75, 3.05) is 6.61 Å². The van der Waals surface area contributed by atoms with Gasteiger partial charge in [0.05, 0.1) is 12.8 Å². The lowest BCUT2D eigenvalue weighted by Crippen LogP contribution is -2.17. The summed E-state index contributed by atoms with van der Waals surface area (Å²) in [6, 6.07) is 23.1. The predicted octanol–water partition coefficient (Wildman–Crippen LogP) is 4.47. The molecule has 0 aliphatic carbocycles. The molecule has 0 fully saturated rings. The number of carbonyl (C=O) groups is 2. The van der Waals surface area contributed by atoms with Crippen molar-refractivity contribution < 1.29 is 19.1 Å². The highest BCUT2D eigenvalue weighted by Crippen LogP contribution is 2.13. The van der Waals surface area contributed by atoms with Crippen LogP contribution in [0.15, 0.2) is 90.0 Å². The van der Waals surface area contributed by atoms with E-state index in [2.05, 4.69) is 10.5 Å². The number of esters is 1. The van der Waals surface area contributed by atoms with Crippen LogP contribution >= 0.6 is 0 Å². The van der Waals surface area contributed by atoms with Gasteiger partial charge < -0.3 is 9.47 Å². The monoisotopic (exact) mass is 414 g/mol. The number of carbonyl (C=O) groups excluding carboxylic acids is 2. The van der Waals surface area contributed by atoms with Gasteiger partial charge in [-0.15, -0.1) is 0 Å². The van der Waals surface area contributed by atoms with Gasteiger partial charge in [0.25, 0.3) is 5.91 Å². The van der Waals surface area contributed by atoms with Crippen LogP contribution in [0.4, 0.5) is 0 Å². The van der Waals surface area contributed by atoms with Crippen LogP contribution in [-0.4, -0.2) is 24.7 Å². The number of amides is 1. The van der Waals surface area contributed by atoms with E-state index in [1.807, 2.05) is 37.3 Å². The van der Waals surface area contributed by atoms with Crippen molar-refractivity contribution in [3.63, 3.8) is 0 Å². The molecule has 0 aromatic heterocycles. The summed E-state index contributed by atoms with van der Waals surface area (Å²) in [7, 11) is 0. The number of ether oxygens (including phenoxy) is 2. The fourth-order valence-electron chi connectivity index (χ4n) is 2.60. The molecule has 0 bridgehead atoms. The maximum atomic E-state index is 12.1. The van der Waals surface area contributed by atoms with Crippen LogP contribution in [0.25, 0.3) is 6.08 Å². The lowest BCUT2D eigenvalue weighted by Gasteiger charge is -2.04. The number of hydrogen-bond donors (Lipinski definition) is 1. The van der Waals surface area contributed by atoms with E-state index in [1.54, 1.807) is 54.6 Å². The van der Waals surface area contributed by atoms with Crippen molar-refractivity contribution in [3.05, 3.63) is 102 Å². The largest absolute Gasteiger partial charge is 0.494 e. The molecule has 0 saturated heterocycles. The summed E-state index contributed by atoms with van der Waals surface area (Å²) in [5, 5.41) is 3.96. The number of hydrazone groups is 1. The van der Waals surface area contributed by atoms with Crippen molar-refractivity contribution in [1.82, 2.24) is 5.43 Å². The van der Waals surface area contributed by atoms with Gasteiger partial charge in [-0.05, 0) is 72.7 Å². The molecule has 6 nitrogen and oxygen atoms in total. The van der Waals surface area contributed by atoms with Crippen LogP contribution < -0.4 is 14.9 Å². The first-order valence-electron chi connectivity index (χ1n) is 9.75. The summed E-state index contributed by atoms with van der Waals surface area (Å²) in [5.74, 6) is 0.333. The van der Waals surface area contributed by atoms with Crippen LogP contribution in [0.1, 0.15) is 28.4 Å². The Bertz CT molecular complexity index is 1060. The maximum Gasteiger partial charge on any atom is 0.336 e. The minimum absolute atomic E-state index is 0.324. The molecule has 0 atom stereocenters. The molecular formula is C25H22N2O4. The Morgan fingerprint density at radius 1 is 0.871 bits per heavy atom. The van der Waals surface area contributed by atoms with Crippen LogP contribution in [-0.2, 0) is 4.79 Å². The Balaban J connectivity index is 1.49. The summed E-state index contributed by atoms with van der Waals surface area (Å²) in [6.45, 7) is 2.47. The van der Waals surface area contributed by atoms with Crippen LogP contribution in [0, 0.1) is 0 Å². The molecule has 3 aromatic rings. The molecule has 0 heterocycles. The summed E-state index contributed by atoms with van der Waals surface area (Å²) in [6.07, 6.45) is 4.57. The molecule has 31 heavy (non-hydrogen) atoms. The van der Waals surface area contributed by atoms with E-state index in [4.69, 9.17) is 9.47 Å². The summed E-state index contributed by atoms with van der Waals surface area (Å²) in [5.41, 5.74) is 4.61. The predicted molar refractivity (Wildman–Crippen MR) is 120 cm³/mol. The second-order valence-corrected chi connectivity index (χ2v) is 6.39. The molecular weight excluding hydrogens is 392 g/mol. The quantitative estimate of drug-likeness (QED) is 0.194. The van der Waals surface area contributed by atoms with Gasteiger partial charge in [0.1, 0.15) is 11.5 Å². The SMILES string of the molecule is CCOc1ccc(C(=O)N/N=C\c2ccc(OC(=O)/C=C/c3ccccc3)cc2)cc1. The number of nitrogens with zero attached hydrogens (tertiary/aromatic N) is 1. The van der Waals surface area contributed by atoms with E-state index in [-0.39, 0.29) is 5.91 Å². The second-order valence-electron chi connectivity index (χ2n) is 6.39. The standard InChI is InChI=1S/C25H22N2O4/c1-2-30-22-15-11-21(12-16-22)25(29)27-26-18-20-8-13-23(14-9-20)31-24(28)17-10-19-6-4-3-5-7-19/h3-18H,2H2,1H3,(H,27,29)/b17-10+,26-18-. The van der Waals surface area contributed by atoms with Crippen LogP contribution in [0.5, 0.6) is 11.5 Å². The lowest BCUT2D eigenvalue weighted by atomic mass is 10.2. The van der Waals surface area contributed by atoms with Crippen molar-refractivity contribution in [2.45, 2.75) is 6.92 Å². The zero-order valence-corrected chi connectivity index (χ0v) is 17.0. The van der Waals surface area contributed by atoms with E-state index < -0.39 is 5.97 Å². The van der Waals surface area contributed by atoms with E-state index in [9.17, 15) is 9.59 Å². The molecule has 6 heteroatoms. The molecule has 0 spiro atoms. The second kappa shape index (κ2) is 11.1. The third kappa shape index (κ3) is 6.97. The highest BCUT2D eigenvalue weighted by molar-refractivity contribution is 5.95. The molecule has 0 radical (unpaired) electrons. The van der Waals surface area contributed by atoms with Crippen molar-refractivity contribution >= 4 is 24.2 Å². The summed E-state index contributed by atoms with van der Waals surface area (Å²) < 4.78 is 10.6. The summed E-state index contributed by atoms with van der Waals surface area (Å²) in [4.78, 5) is 24.0. The normalized spacial score (nSPS) is 10.9.